The third-order valence-corrected chi connectivity index (χ3v) is 4.92. The van der Waals surface area contributed by atoms with Crippen molar-refractivity contribution in [3.63, 3.8) is 0 Å². The Kier molecular flexibility index (Phi) is 4.54. The summed E-state index contributed by atoms with van der Waals surface area (Å²) in [5, 5.41) is 0.612. The van der Waals surface area contributed by atoms with Gasteiger partial charge in [-0.25, -0.2) is 0 Å². The SMILES string of the molecule is O=C1[C@H]2CC=CC[C@@H]2C(=O)N1CCOc1ccc(Cl)cc1Br. The van der Waals surface area contributed by atoms with Crippen LogP contribution in [-0.2, 0) is 9.59 Å². The Morgan fingerprint density at radius 1 is 1.18 bits per heavy atom. The molecule has 1 heterocycles. The van der Waals surface area contributed by atoms with Crippen molar-refractivity contribution in [1.82, 2.24) is 4.90 Å². The molecule has 0 bridgehead atoms. The molecule has 0 N–H and O–H groups in total. The molecule has 0 saturated carbocycles. The molecule has 3 rings (SSSR count). The topological polar surface area (TPSA) is 46.6 Å². The van der Waals surface area contributed by atoms with Crippen LogP contribution in [0, 0.1) is 11.8 Å². The summed E-state index contributed by atoms with van der Waals surface area (Å²) < 4.78 is 6.38. The van der Waals surface area contributed by atoms with Crippen LogP contribution in [0.5, 0.6) is 5.75 Å². The Morgan fingerprint density at radius 2 is 1.82 bits per heavy atom. The summed E-state index contributed by atoms with van der Waals surface area (Å²) in [6.45, 7) is 0.546. The maximum atomic E-state index is 12.3. The summed E-state index contributed by atoms with van der Waals surface area (Å²) in [6.07, 6.45) is 5.29. The van der Waals surface area contributed by atoms with Crippen molar-refractivity contribution in [2.24, 2.45) is 11.8 Å². The van der Waals surface area contributed by atoms with Gasteiger partial charge in [-0.2, -0.15) is 0 Å². The third kappa shape index (κ3) is 2.92. The molecule has 116 valence electrons. The van der Waals surface area contributed by atoms with Gasteiger partial charge in [0.15, 0.2) is 0 Å². The van der Waals surface area contributed by atoms with E-state index in [0.29, 0.717) is 23.6 Å². The number of amides is 2. The normalized spacial score (nSPS) is 23.8. The number of imide groups is 1. The maximum Gasteiger partial charge on any atom is 0.233 e. The molecule has 0 unspecified atom stereocenters. The van der Waals surface area contributed by atoms with E-state index in [4.69, 9.17) is 16.3 Å². The Balaban J connectivity index is 1.60. The van der Waals surface area contributed by atoms with Gasteiger partial charge in [0.25, 0.3) is 0 Å². The molecule has 1 aromatic rings. The van der Waals surface area contributed by atoms with E-state index in [9.17, 15) is 9.59 Å². The van der Waals surface area contributed by atoms with Gasteiger partial charge in [0.2, 0.25) is 11.8 Å². The first-order valence-electron chi connectivity index (χ1n) is 7.16. The number of benzene rings is 1. The number of rotatable bonds is 4. The van der Waals surface area contributed by atoms with Gasteiger partial charge in [0.05, 0.1) is 22.9 Å². The van der Waals surface area contributed by atoms with E-state index in [1.807, 2.05) is 12.2 Å². The number of allylic oxidation sites excluding steroid dienone is 2. The molecule has 1 aliphatic carbocycles. The Labute approximate surface area is 142 Å². The van der Waals surface area contributed by atoms with Gasteiger partial charge < -0.3 is 4.74 Å². The molecule has 2 atom stereocenters. The van der Waals surface area contributed by atoms with Crippen LogP contribution in [0.25, 0.3) is 0 Å². The van der Waals surface area contributed by atoms with E-state index in [1.165, 1.54) is 4.90 Å². The molecule has 22 heavy (non-hydrogen) atoms. The molecule has 0 spiro atoms. The summed E-state index contributed by atoms with van der Waals surface area (Å²) in [5.41, 5.74) is 0. The number of carbonyl (C=O) groups is 2. The molecule has 6 heteroatoms. The minimum atomic E-state index is -0.181. The average Bonchev–Trinajstić information content (AvgIpc) is 2.75. The minimum absolute atomic E-state index is 0.0712. The van der Waals surface area contributed by atoms with Crippen LogP contribution >= 0.6 is 27.5 Å². The molecule has 0 radical (unpaired) electrons. The molecule has 1 saturated heterocycles. The molecular formula is C16H15BrClNO3. The summed E-state index contributed by atoms with van der Waals surface area (Å²) in [4.78, 5) is 25.9. The quantitative estimate of drug-likeness (QED) is 0.590. The molecule has 2 aliphatic rings. The smallest absolute Gasteiger partial charge is 0.233 e. The molecule has 0 aromatic heterocycles. The molecular weight excluding hydrogens is 370 g/mol. The van der Waals surface area contributed by atoms with Crippen LogP contribution in [0.1, 0.15) is 12.8 Å². The first kappa shape index (κ1) is 15.6. The van der Waals surface area contributed by atoms with Crippen molar-refractivity contribution >= 4 is 39.3 Å². The molecule has 1 fully saturated rings. The van der Waals surface area contributed by atoms with Crippen LogP contribution in [0.15, 0.2) is 34.8 Å². The monoisotopic (exact) mass is 383 g/mol. The van der Waals surface area contributed by atoms with Gasteiger partial charge in [-0.3, -0.25) is 14.5 Å². The van der Waals surface area contributed by atoms with Crippen LogP contribution in [0.3, 0.4) is 0 Å². The summed E-state index contributed by atoms with van der Waals surface area (Å²) in [7, 11) is 0. The highest BCUT2D eigenvalue weighted by molar-refractivity contribution is 9.10. The lowest BCUT2D eigenvalue weighted by Gasteiger charge is -2.15. The van der Waals surface area contributed by atoms with Crippen LogP contribution in [0.2, 0.25) is 5.02 Å². The number of nitrogens with zero attached hydrogens (tertiary/aromatic N) is 1. The number of halogens is 2. The van der Waals surface area contributed by atoms with Crippen molar-refractivity contribution in [1.29, 1.82) is 0 Å². The second-order valence-electron chi connectivity index (χ2n) is 5.41. The van der Waals surface area contributed by atoms with Gasteiger partial charge in [-0.05, 0) is 47.0 Å². The second kappa shape index (κ2) is 6.42. The lowest BCUT2D eigenvalue weighted by atomic mass is 9.85. The Morgan fingerprint density at radius 3 is 2.41 bits per heavy atom. The van der Waals surface area contributed by atoms with Crippen molar-refractivity contribution in [2.45, 2.75) is 12.8 Å². The van der Waals surface area contributed by atoms with Crippen LogP contribution in [0.4, 0.5) is 0 Å². The summed E-state index contributed by atoms with van der Waals surface area (Å²) in [6, 6.07) is 5.22. The van der Waals surface area contributed by atoms with Gasteiger partial charge >= 0.3 is 0 Å². The second-order valence-corrected chi connectivity index (χ2v) is 6.70. The standard InChI is InChI=1S/C16H15BrClNO3/c17-13-9-10(18)5-6-14(13)22-8-7-19-15(20)11-3-1-2-4-12(11)16(19)21/h1-2,5-6,9,11-12H,3-4,7-8H2/t11-,12-/m0/s1. The number of ether oxygens (including phenoxy) is 1. The van der Waals surface area contributed by atoms with Crippen molar-refractivity contribution in [3.05, 3.63) is 39.8 Å². The van der Waals surface area contributed by atoms with E-state index >= 15 is 0 Å². The fourth-order valence-electron chi connectivity index (χ4n) is 2.93. The number of fused-ring (bicyclic) bond motifs is 1. The molecule has 2 amide bonds. The van der Waals surface area contributed by atoms with Crippen molar-refractivity contribution in [3.8, 4) is 5.75 Å². The largest absolute Gasteiger partial charge is 0.491 e. The zero-order chi connectivity index (χ0) is 15.7. The first-order valence-corrected chi connectivity index (χ1v) is 8.33. The number of hydrogen-bond donors (Lipinski definition) is 0. The van der Waals surface area contributed by atoms with Crippen LogP contribution in [-0.4, -0.2) is 29.9 Å². The lowest BCUT2D eigenvalue weighted by Crippen LogP contribution is -2.34. The number of carbonyl (C=O) groups excluding carboxylic acids is 2. The minimum Gasteiger partial charge on any atom is -0.491 e. The Hall–Kier alpha value is -1.33. The Bertz CT molecular complexity index is 620. The highest BCUT2D eigenvalue weighted by Gasteiger charge is 2.46. The van der Waals surface area contributed by atoms with E-state index in [0.717, 1.165) is 4.47 Å². The van der Waals surface area contributed by atoms with E-state index < -0.39 is 0 Å². The van der Waals surface area contributed by atoms with Crippen molar-refractivity contribution < 1.29 is 14.3 Å². The molecule has 1 aliphatic heterocycles. The maximum absolute atomic E-state index is 12.3. The predicted octanol–water partition coefficient (Wildman–Crippen LogP) is 3.43. The summed E-state index contributed by atoms with van der Waals surface area (Å²) >= 11 is 9.24. The highest BCUT2D eigenvalue weighted by atomic mass is 79.9. The predicted molar refractivity (Wildman–Crippen MR) is 86.7 cm³/mol. The van der Waals surface area contributed by atoms with Gasteiger partial charge in [-0.1, -0.05) is 23.8 Å². The summed E-state index contributed by atoms with van der Waals surface area (Å²) in [5.74, 6) is 0.137. The third-order valence-electron chi connectivity index (χ3n) is 4.07. The zero-order valence-corrected chi connectivity index (χ0v) is 14.1. The van der Waals surface area contributed by atoms with E-state index in [-0.39, 0.29) is 36.8 Å². The highest BCUT2D eigenvalue weighted by Crippen LogP contribution is 2.35. The first-order chi connectivity index (χ1) is 10.6. The van der Waals surface area contributed by atoms with Crippen molar-refractivity contribution in [2.75, 3.05) is 13.2 Å². The van der Waals surface area contributed by atoms with Gasteiger partial charge in [-0.15, -0.1) is 0 Å². The fourth-order valence-corrected chi connectivity index (χ4v) is 3.73. The average molecular weight is 385 g/mol. The molecule has 4 nitrogen and oxygen atoms in total. The lowest BCUT2D eigenvalue weighted by molar-refractivity contribution is -0.140. The van der Waals surface area contributed by atoms with Gasteiger partial charge in [0, 0.05) is 5.02 Å². The molecule has 1 aromatic carbocycles. The van der Waals surface area contributed by atoms with Gasteiger partial charge in [0.1, 0.15) is 12.4 Å². The van der Waals surface area contributed by atoms with E-state index in [2.05, 4.69) is 15.9 Å². The number of likely N-dealkylation sites (tertiary alicyclic amines) is 1. The zero-order valence-electron chi connectivity index (χ0n) is 11.8. The van der Waals surface area contributed by atoms with E-state index in [1.54, 1.807) is 18.2 Å². The fraction of sp³-hybridized carbons (Fsp3) is 0.375. The van der Waals surface area contributed by atoms with Crippen LogP contribution < -0.4 is 4.74 Å². The number of hydrogen-bond acceptors (Lipinski definition) is 3.